The number of ether oxygens (including phenoxy) is 3. The van der Waals surface area contributed by atoms with Gasteiger partial charge in [0.2, 0.25) is 0 Å². The van der Waals surface area contributed by atoms with Crippen molar-refractivity contribution in [2.45, 2.75) is 19.8 Å². The summed E-state index contributed by atoms with van der Waals surface area (Å²) in [7, 11) is 3.20. The molecule has 0 atom stereocenters. The summed E-state index contributed by atoms with van der Waals surface area (Å²) in [6.45, 7) is 1.54. The Morgan fingerprint density at radius 1 is 1.20 bits per heavy atom. The first-order valence-corrected chi connectivity index (χ1v) is 11.1. The maximum absolute atomic E-state index is 12.9. The third-order valence-electron chi connectivity index (χ3n) is 4.30. The maximum atomic E-state index is 12.9. The molecule has 0 saturated heterocycles. The highest BCUT2D eigenvalue weighted by atomic mass is 32.1. The molecule has 160 valence electrons. The van der Waals surface area contributed by atoms with Crippen molar-refractivity contribution < 1.29 is 24.1 Å². The fourth-order valence-corrected chi connectivity index (χ4v) is 4.18. The molecule has 3 aromatic rings. The van der Waals surface area contributed by atoms with Crippen LogP contribution in [-0.2, 0) is 24.5 Å². The van der Waals surface area contributed by atoms with E-state index in [0.29, 0.717) is 41.8 Å². The van der Waals surface area contributed by atoms with E-state index in [-0.39, 0.29) is 19.1 Å². The predicted octanol–water partition coefficient (Wildman–Crippen LogP) is 3.57. The number of aliphatic hydroxyl groups excluding tert-OH is 1. The zero-order valence-electron chi connectivity index (χ0n) is 16.9. The van der Waals surface area contributed by atoms with E-state index in [9.17, 15) is 4.79 Å². The van der Waals surface area contributed by atoms with Crippen molar-refractivity contribution in [2.75, 3.05) is 27.4 Å². The largest absolute Gasteiger partial charge is 0.493 e. The van der Waals surface area contributed by atoms with E-state index in [4.69, 9.17) is 19.3 Å². The number of methoxy groups -OCH3 is 2. The minimum atomic E-state index is -0.0924. The minimum Gasteiger partial charge on any atom is -0.493 e. The lowest BCUT2D eigenvalue weighted by atomic mass is 10.2. The van der Waals surface area contributed by atoms with Gasteiger partial charge in [-0.3, -0.25) is 4.79 Å². The van der Waals surface area contributed by atoms with Crippen molar-refractivity contribution in [3.05, 3.63) is 62.2 Å². The van der Waals surface area contributed by atoms with Crippen LogP contribution >= 0.6 is 22.7 Å². The molecule has 0 aliphatic carbocycles. The molecular weight excluding hydrogens is 424 g/mol. The molecule has 0 bridgehead atoms. The highest BCUT2D eigenvalue weighted by molar-refractivity contribution is 7.12. The molecule has 30 heavy (non-hydrogen) atoms. The second-order valence-electron chi connectivity index (χ2n) is 6.36. The Labute approximate surface area is 183 Å². The van der Waals surface area contributed by atoms with Crippen molar-refractivity contribution in [1.29, 1.82) is 0 Å². The van der Waals surface area contributed by atoms with Gasteiger partial charge in [-0.25, -0.2) is 4.98 Å². The molecule has 7 nitrogen and oxygen atoms in total. The molecule has 2 aromatic heterocycles. The number of benzene rings is 1. The first kappa shape index (κ1) is 22.2. The van der Waals surface area contributed by atoms with Crippen LogP contribution in [0.15, 0.2) is 41.1 Å². The molecule has 0 spiro atoms. The number of hydrogen-bond acceptors (Lipinski definition) is 8. The molecule has 0 saturated carbocycles. The Bertz CT molecular complexity index is 943. The number of aliphatic hydroxyl groups is 1. The molecule has 0 radical (unpaired) electrons. The average molecular weight is 449 g/mol. The normalized spacial score (nSPS) is 10.8. The number of carbonyl (C=O) groups is 1. The van der Waals surface area contributed by atoms with Crippen LogP contribution in [0.4, 0.5) is 0 Å². The summed E-state index contributed by atoms with van der Waals surface area (Å²) >= 11 is 2.85. The lowest BCUT2D eigenvalue weighted by Crippen LogP contribution is -2.33. The third-order valence-corrected chi connectivity index (χ3v) is 6.03. The summed E-state index contributed by atoms with van der Waals surface area (Å²) in [5.41, 5.74) is 1.54. The molecule has 1 aromatic carbocycles. The first-order valence-electron chi connectivity index (χ1n) is 9.30. The van der Waals surface area contributed by atoms with E-state index in [2.05, 4.69) is 4.98 Å². The number of carbonyl (C=O) groups excluding carboxylic acids is 1. The highest BCUT2D eigenvalue weighted by Gasteiger charge is 2.18. The summed E-state index contributed by atoms with van der Waals surface area (Å²) in [5, 5.41) is 13.6. The van der Waals surface area contributed by atoms with Crippen molar-refractivity contribution in [3.63, 3.8) is 0 Å². The van der Waals surface area contributed by atoms with Crippen molar-refractivity contribution in [3.8, 4) is 11.5 Å². The van der Waals surface area contributed by atoms with Crippen LogP contribution in [0.5, 0.6) is 11.5 Å². The summed E-state index contributed by atoms with van der Waals surface area (Å²) in [4.78, 5) is 19.6. The van der Waals surface area contributed by atoms with Gasteiger partial charge in [-0.2, -0.15) is 0 Å². The van der Waals surface area contributed by atoms with Crippen LogP contribution < -0.4 is 9.47 Å². The average Bonchev–Trinajstić information content (AvgIpc) is 3.47. The molecule has 2 heterocycles. The van der Waals surface area contributed by atoms with Gasteiger partial charge >= 0.3 is 0 Å². The van der Waals surface area contributed by atoms with Gasteiger partial charge in [0.15, 0.2) is 11.5 Å². The SMILES string of the molecule is COCCN(Cc1ccc(OC)c(OCc2nc(CO)cs2)c1)C(=O)c1cccs1. The van der Waals surface area contributed by atoms with Crippen LogP contribution in [0.2, 0.25) is 0 Å². The van der Waals surface area contributed by atoms with Gasteiger partial charge in [0.05, 0.1) is 30.9 Å². The molecule has 9 heteroatoms. The summed E-state index contributed by atoms with van der Waals surface area (Å²) in [6.07, 6.45) is 0. The van der Waals surface area contributed by atoms with Gasteiger partial charge in [0, 0.05) is 25.6 Å². The molecule has 0 aliphatic rings. The lowest BCUT2D eigenvalue weighted by Gasteiger charge is -2.22. The topological polar surface area (TPSA) is 81.1 Å². The number of nitrogens with zero attached hydrogens (tertiary/aromatic N) is 2. The zero-order valence-corrected chi connectivity index (χ0v) is 18.5. The molecule has 0 fully saturated rings. The second kappa shape index (κ2) is 11.1. The molecule has 1 N–H and O–H groups in total. The van der Waals surface area contributed by atoms with E-state index >= 15 is 0 Å². The number of hydrogen-bond donors (Lipinski definition) is 1. The Hall–Kier alpha value is -2.46. The first-order chi connectivity index (χ1) is 14.6. The van der Waals surface area contributed by atoms with Gasteiger partial charge in [0.1, 0.15) is 11.6 Å². The second-order valence-corrected chi connectivity index (χ2v) is 8.25. The Morgan fingerprint density at radius 2 is 2.07 bits per heavy atom. The van der Waals surface area contributed by atoms with E-state index in [1.54, 1.807) is 24.5 Å². The van der Waals surface area contributed by atoms with Crippen LogP contribution in [0.25, 0.3) is 0 Å². The minimum absolute atomic E-state index is 0.0281. The van der Waals surface area contributed by atoms with Crippen LogP contribution in [0.1, 0.15) is 25.9 Å². The monoisotopic (exact) mass is 448 g/mol. The number of aromatic nitrogens is 1. The number of thiazole rings is 1. The van der Waals surface area contributed by atoms with Gasteiger partial charge in [-0.15, -0.1) is 22.7 Å². The highest BCUT2D eigenvalue weighted by Crippen LogP contribution is 2.30. The van der Waals surface area contributed by atoms with E-state index in [0.717, 1.165) is 10.6 Å². The van der Waals surface area contributed by atoms with Crippen molar-refractivity contribution in [2.24, 2.45) is 0 Å². The van der Waals surface area contributed by atoms with Gasteiger partial charge in [-0.1, -0.05) is 12.1 Å². The quantitative estimate of drug-likeness (QED) is 0.483. The Balaban J connectivity index is 1.74. The van der Waals surface area contributed by atoms with Crippen LogP contribution in [0, 0.1) is 0 Å². The molecule has 1 amide bonds. The van der Waals surface area contributed by atoms with E-state index in [1.807, 2.05) is 35.7 Å². The Morgan fingerprint density at radius 3 is 2.73 bits per heavy atom. The summed E-state index contributed by atoms with van der Waals surface area (Å²) < 4.78 is 16.5. The van der Waals surface area contributed by atoms with Crippen molar-refractivity contribution in [1.82, 2.24) is 9.88 Å². The molecule has 0 unspecified atom stereocenters. The number of amides is 1. The van der Waals surface area contributed by atoms with Crippen LogP contribution in [-0.4, -0.2) is 48.3 Å². The molecule has 3 rings (SSSR count). The number of rotatable bonds is 11. The summed E-state index contributed by atoms with van der Waals surface area (Å²) in [6, 6.07) is 9.31. The number of thiophene rings is 1. The van der Waals surface area contributed by atoms with Gasteiger partial charge in [-0.05, 0) is 29.1 Å². The Kier molecular flexibility index (Phi) is 8.21. The smallest absolute Gasteiger partial charge is 0.264 e. The van der Waals surface area contributed by atoms with E-state index in [1.165, 1.54) is 22.7 Å². The van der Waals surface area contributed by atoms with Crippen LogP contribution in [0.3, 0.4) is 0 Å². The third kappa shape index (κ3) is 5.79. The standard InChI is InChI=1S/C21H24N2O5S2/c1-26-8-7-23(21(25)19-4-3-9-29-19)11-15-5-6-17(27-2)18(10-15)28-13-20-22-16(12-24)14-30-20/h3-6,9-10,14,24H,7-8,11-13H2,1-2H3. The lowest BCUT2D eigenvalue weighted by molar-refractivity contribution is 0.0685. The fourth-order valence-electron chi connectivity index (χ4n) is 2.79. The predicted molar refractivity (Wildman–Crippen MR) is 116 cm³/mol. The van der Waals surface area contributed by atoms with Gasteiger partial charge in [0.25, 0.3) is 5.91 Å². The molecule has 0 aliphatic heterocycles. The van der Waals surface area contributed by atoms with E-state index < -0.39 is 0 Å². The zero-order chi connectivity index (χ0) is 21.3. The van der Waals surface area contributed by atoms with Crippen molar-refractivity contribution >= 4 is 28.6 Å². The molecular formula is C21H24N2O5S2. The summed E-state index contributed by atoms with van der Waals surface area (Å²) in [5.74, 6) is 1.15. The van der Waals surface area contributed by atoms with Gasteiger partial charge < -0.3 is 24.2 Å². The fraction of sp³-hybridized carbons (Fsp3) is 0.333. The maximum Gasteiger partial charge on any atom is 0.264 e.